The molecule has 0 atom stereocenters. The van der Waals surface area contributed by atoms with Crippen molar-refractivity contribution in [3.05, 3.63) is 71.2 Å². The molecule has 2 aromatic carbocycles. The van der Waals surface area contributed by atoms with Gasteiger partial charge in [-0.25, -0.2) is 0 Å². The van der Waals surface area contributed by atoms with Crippen LogP contribution in [0.25, 0.3) is 16.6 Å². The van der Waals surface area contributed by atoms with Crippen molar-refractivity contribution in [1.29, 1.82) is 5.41 Å². The van der Waals surface area contributed by atoms with Gasteiger partial charge in [-0.3, -0.25) is 4.98 Å². The molecule has 1 aromatic heterocycles. The molecule has 1 spiro atoms. The Bertz CT molecular complexity index is 1150. The van der Waals surface area contributed by atoms with Crippen molar-refractivity contribution in [2.75, 3.05) is 25.5 Å². The van der Waals surface area contributed by atoms with Crippen LogP contribution in [-0.2, 0) is 21.1 Å². The van der Waals surface area contributed by atoms with Crippen LogP contribution >= 0.6 is 0 Å². The van der Waals surface area contributed by atoms with Gasteiger partial charge in [0, 0.05) is 82.6 Å². The Hall–Kier alpha value is -2.69. The second kappa shape index (κ2) is 9.66. The zero-order valence-corrected chi connectivity index (χ0v) is 21.8. The number of rotatable bonds is 7. The first-order valence-electron chi connectivity index (χ1n) is 11.1. The molecule has 33 heavy (non-hydrogen) atoms. The van der Waals surface area contributed by atoms with E-state index >= 15 is 0 Å². The standard InChI is InChI=1S/C26H28N5O.W/c1-17-9-18(4-6-23(17)31-20-12-26(13-20)15-29-16-26)25-11-22(7-8-30-25)32-21-5-3-19(14-27)24(10-21)28-2;/h3-11,14,20,27-29H,12-13,15-16H2,1-2H3;/q-1;. The van der Waals surface area contributed by atoms with Crippen molar-refractivity contribution in [2.45, 2.75) is 25.8 Å². The molecule has 2 aliphatic rings. The van der Waals surface area contributed by atoms with Crippen LogP contribution in [0.3, 0.4) is 0 Å². The minimum Gasteiger partial charge on any atom is -0.681 e. The van der Waals surface area contributed by atoms with Gasteiger partial charge < -0.3 is 26.1 Å². The van der Waals surface area contributed by atoms with E-state index in [4.69, 9.17) is 15.5 Å². The average Bonchev–Trinajstić information content (AvgIpc) is 2.75. The summed E-state index contributed by atoms with van der Waals surface area (Å²) in [5, 5.41) is 19.0. The molecule has 6 nitrogen and oxygen atoms in total. The van der Waals surface area contributed by atoms with Crippen LogP contribution in [0.4, 0.5) is 11.4 Å². The van der Waals surface area contributed by atoms with E-state index in [1.165, 1.54) is 24.6 Å². The van der Waals surface area contributed by atoms with Crippen LogP contribution in [0.1, 0.15) is 24.0 Å². The fourth-order valence-corrected chi connectivity index (χ4v) is 4.66. The molecule has 7 heteroatoms. The van der Waals surface area contributed by atoms with E-state index in [0.717, 1.165) is 47.0 Å². The number of hydrogen-bond donors (Lipinski definition) is 3. The van der Waals surface area contributed by atoms with Gasteiger partial charge in [0.05, 0.1) is 5.69 Å². The SMILES string of the molecule is CNc1cc(Oc2ccnc(-c3ccc([N-]C4CC5(CNC5)C4)c(C)c3)c2)ccc1C=N.[W]. The number of pyridine rings is 1. The van der Waals surface area contributed by atoms with Gasteiger partial charge in [-0.1, -0.05) is 36.6 Å². The van der Waals surface area contributed by atoms with Crippen molar-refractivity contribution in [3.8, 4) is 22.8 Å². The first-order chi connectivity index (χ1) is 15.6. The molecular weight excluding hydrogens is 582 g/mol. The van der Waals surface area contributed by atoms with Crippen LogP contribution in [0.5, 0.6) is 11.5 Å². The van der Waals surface area contributed by atoms with Crippen molar-refractivity contribution in [3.63, 3.8) is 0 Å². The number of aromatic nitrogens is 1. The van der Waals surface area contributed by atoms with E-state index < -0.39 is 0 Å². The monoisotopic (exact) mass is 610 g/mol. The molecule has 0 radical (unpaired) electrons. The van der Waals surface area contributed by atoms with E-state index in [2.05, 4.69) is 40.7 Å². The van der Waals surface area contributed by atoms with Crippen molar-refractivity contribution < 1.29 is 25.8 Å². The molecule has 2 fully saturated rings. The summed E-state index contributed by atoms with van der Waals surface area (Å²) in [6, 6.07) is 16.2. The molecular formula is C26H28N5OW-. The van der Waals surface area contributed by atoms with Gasteiger partial charge in [0.1, 0.15) is 11.5 Å². The van der Waals surface area contributed by atoms with Gasteiger partial charge in [-0.15, -0.1) is 11.7 Å². The zero-order chi connectivity index (χ0) is 22.1. The van der Waals surface area contributed by atoms with Crippen LogP contribution in [0.15, 0.2) is 54.7 Å². The summed E-state index contributed by atoms with van der Waals surface area (Å²) in [4.78, 5) is 4.55. The van der Waals surface area contributed by atoms with Gasteiger partial charge in [0.2, 0.25) is 0 Å². The Kier molecular flexibility index (Phi) is 6.87. The zero-order valence-electron chi connectivity index (χ0n) is 18.9. The second-order valence-electron chi connectivity index (χ2n) is 8.92. The van der Waals surface area contributed by atoms with Gasteiger partial charge in [0.15, 0.2) is 0 Å². The van der Waals surface area contributed by atoms with Gasteiger partial charge in [0.25, 0.3) is 0 Å². The minimum absolute atomic E-state index is 0. The molecule has 0 unspecified atom stereocenters. The van der Waals surface area contributed by atoms with Crippen LogP contribution in [0.2, 0.25) is 0 Å². The Balaban J connectivity index is 0.00000259. The molecule has 3 N–H and O–H groups in total. The second-order valence-corrected chi connectivity index (χ2v) is 8.92. The van der Waals surface area contributed by atoms with Crippen molar-refractivity contribution >= 4 is 17.6 Å². The summed E-state index contributed by atoms with van der Waals surface area (Å²) >= 11 is 0. The third kappa shape index (κ3) is 4.82. The Labute approximate surface area is 209 Å². The number of ether oxygens (including phenoxy) is 1. The third-order valence-electron chi connectivity index (χ3n) is 6.57. The summed E-state index contributed by atoms with van der Waals surface area (Å²) in [5.74, 6) is 1.43. The van der Waals surface area contributed by atoms with E-state index in [1.54, 1.807) is 6.20 Å². The summed E-state index contributed by atoms with van der Waals surface area (Å²) < 4.78 is 6.07. The molecule has 1 saturated heterocycles. The summed E-state index contributed by atoms with van der Waals surface area (Å²) in [5.41, 5.74) is 6.38. The molecule has 0 bridgehead atoms. The molecule has 3 aromatic rings. The van der Waals surface area contributed by atoms with Crippen molar-refractivity contribution in [2.24, 2.45) is 5.41 Å². The van der Waals surface area contributed by atoms with Crippen molar-refractivity contribution in [1.82, 2.24) is 10.3 Å². The minimum atomic E-state index is 0. The molecule has 0 amide bonds. The third-order valence-corrected chi connectivity index (χ3v) is 6.57. The fourth-order valence-electron chi connectivity index (χ4n) is 4.66. The summed E-state index contributed by atoms with van der Waals surface area (Å²) in [6.45, 7) is 4.43. The quantitative estimate of drug-likeness (QED) is 0.303. The Morgan fingerprint density at radius 1 is 1.12 bits per heavy atom. The summed E-state index contributed by atoms with van der Waals surface area (Å²) in [7, 11) is 1.84. The molecule has 2 heterocycles. The number of nitrogens with one attached hydrogen (secondary N) is 3. The van der Waals surface area contributed by atoms with Gasteiger partial charge in [-0.05, 0) is 30.5 Å². The topological polar surface area (TPSA) is 84.1 Å². The van der Waals surface area contributed by atoms with Gasteiger partial charge in [-0.2, -0.15) is 0 Å². The van der Waals surface area contributed by atoms with Crippen LogP contribution in [0, 0.1) is 17.7 Å². The average molecular weight is 610 g/mol. The van der Waals surface area contributed by atoms with E-state index in [0.29, 0.717) is 17.2 Å². The number of anilines is 1. The maximum absolute atomic E-state index is 7.49. The van der Waals surface area contributed by atoms with Gasteiger partial charge >= 0.3 is 0 Å². The fraction of sp³-hybridized carbons (Fsp3) is 0.308. The van der Waals surface area contributed by atoms with E-state index in [-0.39, 0.29) is 21.1 Å². The Morgan fingerprint density at radius 2 is 1.91 bits per heavy atom. The Morgan fingerprint density at radius 3 is 2.58 bits per heavy atom. The van der Waals surface area contributed by atoms with Crippen LogP contribution in [-0.4, -0.2) is 37.4 Å². The van der Waals surface area contributed by atoms with Crippen LogP contribution < -0.4 is 15.4 Å². The number of aryl methyl sites for hydroxylation is 1. The largest absolute Gasteiger partial charge is 0.681 e. The van der Waals surface area contributed by atoms with E-state index in [1.807, 2.05) is 37.4 Å². The molecule has 1 aliphatic heterocycles. The number of nitrogens with zero attached hydrogens (tertiary/aromatic N) is 2. The number of benzene rings is 2. The molecule has 1 saturated carbocycles. The summed E-state index contributed by atoms with van der Waals surface area (Å²) in [6.07, 6.45) is 5.51. The normalized spacial score (nSPS) is 16.2. The molecule has 1 aliphatic carbocycles. The van der Waals surface area contributed by atoms with E-state index in [9.17, 15) is 0 Å². The maximum atomic E-state index is 7.49. The maximum Gasteiger partial charge on any atom is 0.131 e. The first kappa shape index (κ1) is 23.5. The number of hydrogen-bond acceptors (Lipinski definition) is 5. The predicted octanol–water partition coefficient (Wildman–Crippen LogP) is 5.64. The first-order valence-corrected chi connectivity index (χ1v) is 11.1. The molecule has 5 rings (SSSR count). The smallest absolute Gasteiger partial charge is 0.131 e. The predicted molar refractivity (Wildman–Crippen MR) is 130 cm³/mol. The molecule has 170 valence electrons.